The Labute approximate surface area is 236 Å². The van der Waals surface area contributed by atoms with Crippen LogP contribution in [0.25, 0.3) is 21.3 Å². The van der Waals surface area contributed by atoms with Crippen molar-refractivity contribution in [2.75, 3.05) is 11.1 Å². The monoisotopic (exact) mass is 575 g/mol. The first kappa shape index (κ1) is 27.3. The van der Waals surface area contributed by atoms with Crippen molar-refractivity contribution in [2.24, 2.45) is 0 Å². The van der Waals surface area contributed by atoms with Crippen LogP contribution < -0.4 is 16.4 Å². The highest BCUT2D eigenvalue weighted by Crippen LogP contribution is 2.32. The van der Waals surface area contributed by atoms with E-state index >= 15 is 0 Å². The average Bonchev–Trinajstić information content (AvgIpc) is 3.41. The lowest BCUT2D eigenvalue weighted by Crippen LogP contribution is -2.28. The maximum Gasteiger partial charge on any atom is 0.255 e. The van der Waals surface area contributed by atoms with E-state index in [-0.39, 0.29) is 17.1 Å². The molecule has 40 heavy (non-hydrogen) atoms. The quantitative estimate of drug-likeness (QED) is 0.209. The minimum absolute atomic E-state index is 0.207. The molecule has 4 N–H and O–H groups in total. The van der Waals surface area contributed by atoms with Crippen LogP contribution in [0.1, 0.15) is 39.3 Å². The van der Waals surface area contributed by atoms with Crippen molar-refractivity contribution in [2.45, 2.75) is 25.3 Å². The standard InChI is InChI=1S/C28H25FN6O3S2/c1-16(18-2-5-20(29)6-3-18)35-28(36)23-10-17(14-40(37)38)12-31-27(23)32-13-21-7-9-25(39-21)19-4-8-24-22(11-19)26(30)34-15-33-24/h2-12,15-16H,13-14H2,1H3,(H,31,32)(H,35,36)(H,37,38)(H2,30,33,34)/p-1/t16-/m0/s1. The van der Waals surface area contributed by atoms with Crippen LogP contribution in [-0.4, -0.2) is 29.6 Å². The molecule has 3 heterocycles. The van der Waals surface area contributed by atoms with Crippen molar-refractivity contribution in [3.63, 3.8) is 0 Å². The number of benzene rings is 2. The van der Waals surface area contributed by atoms with Crippen LogP contribution in [0.2, 0.25) is 0 Å². The molecular formula is C28H24FN6O3S2-. The Morgan fingerprint density at radius 1 is 1.10 bits per heavy atom. The van der Waals surface area contributed by atoms with Crippen molar-refractivity contribution in [1.29, 1.82) is 0 Å². The Hall–Kier alpha value is -4.26. The first-order chi connectivity index (χ1) is 19.3. The summed E-state index contributed by atoms with van der Waals surface area (Å²) < 4.78 is 35.8. The zero-order valence-corrected chi connectivity index (χ0v) is 22.9. The van der Waals surface area contributed by atoms with Gasteiger partial charge in [0.25, 0.3) is 5.91 Å². The van der Waals surface area contributed by atoms with Gasteiger partial charge in [-0.15, -0.1) is 11.3 Å². The number of carbonyl (C=O) groups excluding carboxylic acids is 1. The van der Waals surface area contributed by atoms with Gasteiger partial charge < -0.3 is 20.9 Å². The van der Waals surface area contributed by atoms with Crippen LogP contribution in [0, 0.1) is 5.82 Å². The number of carbonyl (C=O) groups is 1. The fraction of sp³-hybridized carbons (Fsp3) is 0.143. The lowest BCUT2D eigenvalue weighted by Gasteiger charge is -2.17. The van der Waals surface area contributed by atoms with Gasteiger partial charge in [0.1, 0.15) is 23.8 Å². The van der Waals surface area contributed by atoms with Gasteiger partial charge in [0.15, 0.2) is 0 Å². The minimum atomic E-state index is -2.34. The van der Waals surface area contributed by atoms with Gasteiger partial charge in [0.2, 0.25) is 0 Å². The molecule has 204 valence electrons. The summed E-state index contributed by atoms with van der Waals surface area (Å²) in [6, 6.07) is 16.8. The van der Waals surface area contributed by atoms with Crippen molar-refractivity contribution >= 4 is 50.9 Å². The summed E-state index contributed by atoms with van der Waals surface area (Å²) in [5, 5.41) is 6.87. The number of amides is 1. The number of pyridine rings is 1. The molecular weight excluding hydrogens is 551 g/mol. The number of nitrogen functional groups attached to an aromatic ring is 1. The maximum atomic E-state index is 13.3. The highest BCUT2D eigenvalue weighted by molar-refractivity contribution is 7.78. The number of nitrogens with two attached hydrogens (primary N) is 1. The topological polar surface area (TPSA) is 146 Å². The maximum absolute atomic E-state index is 13.3. The first-order valence-electron chi connectivity index (χ1n) is 12.2. The van der Waals surface area contributed by atoms with Gasteiger partial charge >= 0.3 is 0 Å². The molecule has 0 aliphatic carbocycles. The Bertz CT molecular complexity index is 1710. The second-order valence-corrected chi connectivity index (χ2v) is 11.1. The summed E-state index contributed by atoms with van der Waals surface area (Å²) in [6.07, 6.45) is 2.87. The van der Waals surface area contributed by atoms with Crippen LogP contribution in [0.4, 0.5) is 16.0 Å². The summed E-state index contributed by atoms with van der Waals surface area (Å²) in [4.78, 5) is 27.9. The van der Waals surface area contributed by atoms with Crippen LogP contribution in [-0.2, 0) is 23.4 Å². The first-order valence-corrected chi connectivity index (χ1v) is 14.3. The predicted octanol–water partition coefficient (Wildman–Crippen LogP) is 4.96. The van der Waals surface area contributed by atoms with Crippen LogP contribution >= 0.6 is 11.3 Å². The Morgan fingerprint density at radius 3 is 2.67 bits per heavy atom. The Kier molecular flexibility index (Phi) is 8.10. The highest BCUT2D eigenvalue weighted by Gasteiger charge is 2.18. The van der Waals surface area contributed by atoms with E-state index in [2.05, 4.69) is 25.6 Å². The number of hydrogen-bond donors (Lipinski definition) is 3. The van der Waals surface area contributed by atoms with Gasteiger partial charge in [0.05, 0.1) is 23.7 Å². The highest BCUT2D eigenvalue weighted by atomic mass is 32.2. The Morgan fingerprint density at radius 2 is 1.90 bits per heavy atom. The number of anilines is 2. The Balaban J connectivity index is 1.35. The molecule has 5 aromatic rings. The van der Waals surface area contributed by atoms with Gasteiger partial charge in [-0.3, -0.25) is 9.00 Å². The van der Waals surface area contributed by atoms with Gasteiger partial charge in [-0.05, 0) is 66.1 Å². The van der Waals surface area contributed by atoms with E-state index in [1.807, 2.05) is 30.3 Å². The molecule has 5 rings (SSSR count). The van der Waals surface area contributed by atoms with Crippen molar-refractivity contribution in [3.05, 3.63) is 101 Å². The zero-order valence-electron chi connectivity index (χ0n) is 21.3. The molecule has 0 bridgehead atoms. The summed E-state index contributed by atoms with van der Waals surface area (Å²) in [5.74, 6) is -0.341. The molecule has 0 saturated carbocycles. The molecule has 0 saturated heterocycles. The molecule has 1 amide bonds. The van der Waals surface area contributed by atoms with E-state index in [0.29, 0.717) is 23.7 Å². The van der Waals surface area contributed by atoms with Crippen molar-refractivity contribution < 1.29 is 17.9 Å². The number of halogens is 1. The number of nitrogens with zero attached hydrogens (tertiary/aromatic N) is 3. The normalized spacial score (nSPS) is 12.7. The van der Waals surface area contributed by atoms with Gasteiger partial charge in [0, 0.05) is 27.1 Å². The lowest BCUT2D eigenvalue weighted by atomic mass is 10.1. The second kappa shape index (κ2) is 11.9. The molecule has 0 radical (unpaired) electrons. The largest absolute Gasteiger partial charge is 0.772 e. The smallest absolute Gasteiger partial charge is 0.255 e. The van der Waals surface area contributed by atoms with Crippen molar-refractivity contribution in [3.8, 4) is 10.4 Å². The molecule has 9 nitrogen and oxygen atoms in total. The summed E-state index contributed by atoms with van der Waals surface area (Å²) >= 11 is -0.769. The molecule has 0 aliphatic rings. The van der Waals surface area contributed by atoms with E-state index < -0.39 is 23.0 Å². The molecule has 0 spiro atoms. The van der Waals surface area contributed by atoms with Crippen molar-refractivity contribution in [1.82, 2.24) is 20.3 Å². The lowest BCUT2D eigenvalue weighted by molar-refractivity contribution is 0.0940. The molecule has 1 unspecified atom stereocenters. The van der Waals surface area contributed by atoms with Gasteiger partial charge in [-0.1, -0.05) is 29.3 Å². The SMILES string of the molecule is C[C@H](NC(=O)c1cc(CS(=O)[O-])cnc1NCc1ccc(-c2ccc3ncnc(N)c3c2)s1)c1ccc(F)cc1. The van der Waals surface area contributed by atoms with E-state index in [1.54, 1.807) is 30.4 Å². The average molecular weight is 576 g/mol. The third-order valence-corrected chi connectivity index (χ3v) is 7.94. The fourth-order valence-corrected chi connectivity index (χ4v) is 5.55. The van der Waals surface area contributed by atoms with E-state index in [4.69, 9.17) is 5.73 Å². The van der Waals surface area contributed by atoms with Crippen LogP contribution in [0.15, 0.2) is 73.2 Å². The van der Waals surface area contributed by atoms with Gasteiger partial charge in [-0.2, -0.15) is 0 Å². The molecule has 2 aromatic carbocycles. The summed E-state index contributed by atoms with van der Waals surface area (Å²) in [5.41, 5.74) is 9.08. The minimum Gasteiger partial charge on any atom is -0.772 e. The molecule has 2 atom stereocenters. The second-order valence-electron chi connectivity index (χ2n) is 9.04. The van der Waals surface area contributed by atoms with E-state index in [1.165, 1.54) is 30.7 Å². The predicted molar refractivity (Wildman–Crippen MR) is 154 cm³/mol. The number of thiophene rings is 1. The summed E-state index contributed by atoms with van der Waals surface area (Å²) in [6.45, 7) is 2.17. The molecule has 12 heteroatoms. The fourth-order valence-electron chi connectivity index (χ4n) is 4.17. The van der Waals surface area contributed by atoms with E-state index in [0.717, 1.165) is 31.8 Å². The third kappa shape index (κ3) is 6.30. The zero-order chi connectivity index (χ0) is 28.2. The van der Waals surface area contributed by atoms with Crippen LogP contribution in [0.5, 0.6) is 0 Å². The number of hydrogen-bond acceptors (Lipinski definition) is 9. The number of rotatable bonds is 9. The summed E-state index contributed by atoms with van der Waals surface area (Å²) in [7, 11) is 0. The molecule has 0 aliphatic heterocycles. The molecule has 3 aromatic heterocycles. The van der Waals surface area contributed by atoms with E-state index in [9.17, 15) is 17.9 Å². The molecule has 0 fully saturated rings. The third-order valence-electron chi connectivity index (χ3n) is 6.23. The number of nitrogens with one attached hydrogen (secondary N) is 2. The van der Waals surface area contributed by atoms with Gasteiger partial charge in [-0.25, -0.2) is 19.3 Å². The van der Waals surface area contributed by atoms with Crippen LogP contribution in [0.3, 0.4) is 0 Å². The number of fused-ring (bicyclic) bond motifs is 1. The number of aromatic nitrogens is 3.